The Balaban J connectivity index is 0.843. The summed E-state index contributed by atoms with van der Waals surface area (Å²) in [4.78, 5) is 0. The lowest BCUT2D eigenvalue weighted by molar-refractivity contribution is -0.385. The van der Waals surface area contributed by atoms with Crippen LogP contribution in [0.5, 0.6) is 0 Å². The predicted molar refractivity (Wildman–Crippen MR) is 244 cm³/mol. The van der Waals surface area contributed by atoms with Gasteiger partial charge in [-0.25, -0.2) is 0 Å². The summed E-state index contributed by atoms with van der Waals surface area (Å²) in [5.41, 5.74) is 1.07. The van der Waals surface area contributed by atoms with Crippen LogP contribution in [0.25, 0.3) is 0 Å². The van der Waals surface area contributed by atoms with Gasteiger partial charge in [-0.15, -0.1) is 0 Å². The summed E-state index contributed by atoms with van der Waals surface area (Å²) < 4.78 is 54.2. The molecule has 0 aromatic heterocycles. The van der Waals surface area contributed by atoms with Crippen LogP contribution >= 0.6 is 0 Å². The summed E-state index contributed by atoms with van der Waals surface area (Å²) in [7, 11) is 0. The minimum Gasteiger partial charge on any atom is -0.394 e. The van der Waals surface area contributed by atoms with E-state index in [1.165, 1.54) is 12.5 Å². The zero-order valence-electron chi connectivity index (χ0n) is 41.8. The van der Waals surface area contributed by atoms with Crippen LogP contribution in [0.15, 0.2) is 11.6 Å². The van der Waals surface area contributed by atoms with Gasteiger partial charge in [-0.1, -0.05) is 39.3 Å². The number of hydrogen-bond acceptors (Lipinski definition) is 22. The smallest absolute Gasteiger partial charge is 0.187 e. The van der Waals surface area contributed by atoms with Gasteiger partial charge in [-0.2, -0.15) is 0 Å². The molecule has 5 aliphatic heterocycles. The van der Waals surface area contributed by atoms with E-state index in [1.54, 1.807) is 0 Å². The molecule has 0 spiro atoms. The van der Waals surface area contributed by atoms with Gasteiger partial charge in [-0.3, -0.25) is 0 Å². The average Bonchev–Trinajstić information content (AvgIpc) is 3.80. The second-order valence-electron chi connectivity index (χ2n) is 23.4. The Morgan fingerprint density at radius 3 is 2.08 bits per heavy atom. The molecular formula is C50H82O22. The quantitative estimate of drug-likeness (QED) is 0.0809. The minimum absolute atomic E-state index is 0.0572. The molecule has 3 saturated carbocycles. The average molecular weight is 1040 g/mol. The van der Waals surface area contributed by atoms with Crippen molar-refractivity contribution in [2.45, 2.75) is 227 Å². The molecule has 72 heavy (non-hydrogen) atoms. The van der Waals surface area contributed by atoms with Crippen molar-refractivity contribution < 1.29 is 109 Å². The van der Waals surface area contributed by atoms with E-state index in [9.17, 15) is 66.4 Å². The lowest BCUT2D eigenvalue weighted by Gasteiger charge is -2.58. The molecule has 0 amide bonds. The number of rotatable bonds is 14. The van der Waals surface area contributed by atoms with Crippen molar-refractivity contribution >= 4 is 0 Å². The molecule has 0 aromatic rings. The fourth-order valence-electron chi connectivity index (χ4n) is 14.7. The molecular weight excluding hydrogens is 953 g/mol. The summed E-state index contributed by atoms with van der Waals surface area (Å²) in [5, 5.41) is 138. The standard InChI is InChI=1S/C50H82O22/c1-20(18-64-44-39(60)37(58)35(56)30(16-51)68-44)8-13-50(63)21(2)32-29(72-50)15-27-25-7-6-23-14-24(9-11-48(23,4)26(25)10-12-49(27,32)5)67-47-43(71-46-40(61)36(57)33(54)22(3)66-46)41(62)42(31(17-52)69-47)70-45-38(59)34(55)28(53)19-65-45/h6,20-22,24-47,51-63H,7-19H2,1-5H3/t20-,21+,22+,24+,25-,26+,27+,28-,29+,30-,31-,32+,33+,34+,35-,36-,37+,38-,39-,40-,41+,42-,43-,44-,45+,46+,47-,48+,49+,50-/m1/s1. The number of allylic oxidation sites excluding steroid dienone is 1. The Morgan fingerprint density at radius 1 is 0.694 bits per heavy atom. The van der Waals surface area contributed by atoms with Crippen molar-refractivity contribution in [3.8, 4) is 0 Å². The lowest BCUT2D eigenvalue weighted by Crippen LogP contribution is -2.66. The van der Waals surface area contributed by atoms with Gasteiger partial charge in [0.1, 0.15) is 85.5 Å². The van der Waals surface area contributed by atoms with Crippen molar-refractivity contribution in [1.82, 2.24) is 0 Å². The fourth-order valence-corrected chi connectivity index (χ4v) is 14.7. The zero-order chi connectivity index (χ0) is 51.9. The normalized spacial score (nSPS) is 55.1. The van der Waals surface area contributed by atoms with Gasteiger partial charge in [0.25, 0.3) is 0 Å². The maximum Gasteiger partial charge on any atom is 0.187 e. The van der Waals surface area contributed by atoms with E-state index in [-0.39, 0.29) is 47.9 Å². The molecule has 9 aliphatic rings. The second kappa shape index (κ2) is 21.6. The van der Waals surface area contributed by atoms with Crippen molar-refractivity contribution in [1.29, 1.82) is 0 Å². The van der Waals surface area contributed by atoms with Crippen molar-refractivity contribution in [3.05, 3.63) is 11.6 Å². The number of aliphatic hydroxyl groups is 13. The first-order valence-corrected chi connectivity index (χ1v) is 26.3. The van der Waals surface area contributed by atoms with Gasteiger partial charge in [0.2, 0.25) is 0 Å². The second-order valence-corrected chi connectivity index (χ2v) is 23.4. The largest absolute Gasteiger partial charge is 0.394 e. The van der Waals surface area contributed by atoms with Crippen LogP contribution in [-0.2, 0) is 42.6 Å². The van der Waals surface area contributed by atoms with E-state index in [4.69, 9.17) is 42.6 Å². The highest BCUT2D eigenvalue weighted by molar-refractivity contribution is 5.26. The van der Waals surface area contributed by atoms with Crippen molar-refractivity contribution in [2.75, 3.05) is 26.4 Å². The number of fused-ring (bicyclic) bond motifs is 7. The van der Waals surface area contributed by atoms with E-state index < -0.39 is 142 Å². The van der Waals surface area contributed by atoms with Crippen LogP contribution in [0.1, 0.15) is 92.4 Å². The maximum atomic E-state index is 12.1. The number of hydrogen-bond donors (Lipinski definition) is 13. The van der Waals surface area contributed by atoms with Gasteiger partial charge in [0.05, 0.1) is 44.7 Å². The van der Waals surface area contributed by atoms with Gasteiger partial charge < -0.3 is 109 Å². The SMILES string of the molecule is C[C@H](CC[C@@]1(O)O[C@H]2C[C@H]3[C@@H]4CC=C5C[C@@H](O[C@@H]6O[C@H](CO)[C@@H](O[C@@H]7OC[C@@H](O)[C@H](O)[C@H]7O)[C@H](O)[C@H]6O[C@@H]6O[C@@H](C)[C@H](O)[C@@H](O)[C@H]6O)CC[C@]5(C)[C@H]4CC[C@]3(C)[C@H]2[C@@H]1C)CO[C@@H]1O[C@H](CO)[C@@H](O)[C@H](O)[C@H]1O. The first kappa shape index (κ1) is 55.6. The summed E-state index contributed by atoms with van der Waals surface area (Å²) in [6.45, 7) is 8.82. The number of ether oxygens (including phenoxy) is 9. The third kappa shape index (κ3) is 9.91. The van der Waals surface area contributed by atoms with Crippen molar-refractivity contribution in [2.24, 2.45) is 46.3 Å². The molecule has 0 unspecified atom stereocenters. The highest BCUT2D eigenvalue weighted by atomic mass is 16.8. The Morgan fingerprint density at radius 2 is 1.36 bits per heavy atom. The molecule has 4 aliphatic carbocycles. The Labute approximate surface area is 419 Å². The molecule has 0 radical (unpaired) electrons. The van der Waals surface area contributed by atoms with Crippen LogP contribution in [0.2, 0.25) is 0 Å². The third-order valence-corrected chi connectivity index (χ3v) is 19.1. The minimum atomic E-state index is -1.75. The first-order chi connectivity index (χ1) is 34.0. The molecule has 8 fully saturated rings. The van der Waals surface area contributed by atoms with E-state index in [2.05, 4.69) is 26.8 Å². The molecule has 0 aromatic carbocycles. The van der Waals surface area contributed by atoms with Crippen LogP contribution in [0.3, 0.4) is 0 Å². The van der Waals surface area contributed by atoms with Crippen LogP contribution in [0, 0.1) is 46.3 Å². The fraction of sp³-hybridized carbons (Fsp3) is 0.960. The van der Waals surface area contributed by atoms with Gasteiger partial charge >= 0.3 is 0 Å². The topological polar surface area (TPSA) is 346 Å². The molecule has 414 valence electrons. The van der Waals surface area contributed by atoms with Crippen LogP contribution < -0.4 is 0 Å². The lowest BCUT2D eigenvalue weighted by atomic mass is 9.47. The molecule has 30 atom stereocenters. The number of aliphatic hydroxyl groups excluding tert-OH is 12. The van der Waals surface area contributed by atoms with Gasteiger partial charge in [0, 0.05) is 12.3 Å². The third-order valence-electron chi connectivity index (χ3n) is 19.1. The first-order valence-electron chi connectivity index (χ1n) is 26.3. The van der Waals surface area contributed by atoms with E-state index in [1.807, 2.05) is 6.92 Å². The highest BCUT2D eigenvalue weighted by Gasteiger charge is 2.68. The van der Waals surface area contributed by atoms with Gasteiger partial charge in [0.15, 0.2) is 30.9 Å². The zero-order valence-corrected chi connectivity index (χ0v) is 41.8. The van der Waals surface area contributed by atoms with Crippen LogP contribution in [0.4, 0.5) is 0 Å². The van der Waals surface area contributed by atoms with Crippen molar-refractivity contribution in [3.63, 3.8) is 0 Å². The molecule has 9 rings (SSSR count). The molecule has 13 N–H and O–H groups in total. The van der Waals surface area contributed by atoms with E-state index >= 15 is 0 Å². The summed E-state index contributed by atoms with van der Waals surface area (Å²) in [6.07, 6.45) is -19.3. The van der Waals surface area contributed by atoms with Crippen LogP contribution in [-0.4, -0.2) is 228 Å². The molecule has 22 nitrogen and oxygen atoms in total. The Kier molecular flexibility index (Phi) is 16.7. The summed E-state index contributed by atoms with van der Waals surface area (Å²) in [6, 6.07) is 0. The Hall–Kier alpha value is -1.14. The van der Waals surface area contributed by atoms with E-state index in [0.717, 1.165) is 32.1 Å². The molecule has 0 bridgehead atoms. The van der Waals surface area contributed by atoms with E-state index in [0.29, 0.717) is 43.4 Å². The monoisotopic (exact) mass is 1030 g/mol. The highest BCUT2D eigenvalue weighted by Crippen LogP contribution is 2.70. The Bertz CT molecular complexity index is 1860. The summed E-state index contributed by atoms with van der Waals surface area (Å²) >= 11 is 0. The molecule has 22 heteroatoms. The summed E-state index contributed by atoms with van der Waals surface area (Å²) in [5.74, 6) is -0.222. The molecule has 5 heterocycles. The molecule has 5 saturated heterocycles. The predicted octanol–water partition coefficient (Wildman–Crippen LogP) is -2.37. The van der Waals surface area contributed by atoms with Gasteiger partial charge in [-0.05, 0) is 98.7 Å². The maximum absolute atomic E-state index is 12.1.